The number of ether oxygens (including phenoxy) is 1. The molecule has 0 heterocycles. The van der Waals surface area contributed by atoms with Crippen LogP contribution in [0, 0.1) is 24.7 Å². The molecule has 0 radical (unpaired) electrons. The van der Waals surface area contributed by atoms with Crippen molar-refractivity contribution in [1.29, 1.82) is 0 Å². The van der Waals surface area contributed by atoms with Crippen LogP contribution in [0.5, 0.6) is 5.75 Å². The van der Waals surface area contributed by atoms with Crippen molar-refractivity contribution in [3.05, 3.63) is 29.3 Å². The van der Waals surface area contributed by atoms with Gasteiger partial charge in [0.1, 0.15) is 5.75 Å². The van der Waals surface area contributed by atoms with Gasteiger partial charge in [0.2, 0.25) is 5.91 Å². The number of hydrogen-bond acceptors (Lipinski definition) is 3. The molecule has 134 valence electrons. The molecule has 0 aliphatic heterocycles. The quantitative estimate of drug-likeness (QED) is 0.792. The summed E-state index contributed by atoms with van der Waals surface area (Å²) in [4.78, 5) is 12.4. The summed E-state index contributed by atoms with van der Waals surface area (Å²) in [6, 6.07) is 6.21. The van der Waals surface area contributed by atoms with Gasteiger partial charge in [-0.3, -0.25) is 4.79 Å². The van der Waals surface area contributed by atoms with Crippen molar-refractivity contribution in [2.45, 2.75) is 45.6 Å². The topological polar surface area (TPSA) is 64.4 Å². The summed E-state index contributed by atoms with van der Waals surface area (Å²) in [5.74, 6) is 2.22. The van der Waals surface area contributed by atoms with Gasteiger partial charge in [0, 0.05) is 18.0 Å². The second-order valence-electron chi connectivity index (χ2n) is 7.12. The smallest absolute Gasteiger partial charge is 0.223 e. The summed E-state index contributed by atoms with van der Waals surface area (Å²) in [5, 5.41) is 3.09. The predicted molar refractivity (Wildman–Crippen MR) is 98.4 cm³/mol. The van der Waals surface area contributed by atoms with E-state index in [1.165, 1.54) is 18.4 Å². The van der Waals surface area contributed by atoms with Crippen LogP contribution in [0.2, 0.25) is 0 Å². The summed E-state index contributed by atoms with van der Waals surface area (Å²) in [7, 11) is 0. The van der Waals surface area contributed by atoms with Crippen molar-refractivity contribution >= 4 is 18.3 Å². The number of nitrogens with two attached hydrogens (primary N) is 1. The highest BCUT2D eigenvalue weighted by Crippen LogP contribution is 2.32. The molecule has 1 aromatic rings. The lowest BCUT2D eigenvalue weighted by molar-refractivity contribution is -0.126. The number of hydrogen-bond donors (Lipinski definition) is 2. The zero-order valence-electron chi connectivity index (χ0n) is 14.4. The second-order valence-corrected chi connectivity index (χ2v) is 7.12. The minimum absolute atomic E-state index is 0. The third-order valence-corrected chi connectivity index (χ3v) is 5.15. The summed E-state index contributed by atoms with van der Waals surface area (Å²) >= 11 is 0. The van der Waals surface area contributed by atoms with E-state index in [1.54, 1.807) is 0 Å². The molecule has 5 heteroatoms. The third-order valence-electron chi connectivity index (χ3n) is 5.15. The van der Waals surface area contributed by atoms with Crippen LogP contribution in [0.1, 0.15) is 43.2 Å². The minimum atomic E-state index is 0. The number of carbonyl (C=O) groups is 1. The van der Waals surface area contributed by atoms with Crippen LogP contribution in [0.25, 0.3) is 0 Å². The Balaban J connectivity index is 0.00000208. The fourth-order valence-corrected chi connectivity index (χ4v) is 3.41. The number of halogens is 1. The van der Waals surface area contributed by atoms with Crippen LogP contribution in [0.3, 0.4) is 0 Å². The maximum absolute atomic E-state index is 12.4. The van der Waals surface area contributed by atoms with E-state index in [0.29, 0.717) is 19.0 Å². The molecule has 0 aromatic heterocycles. The highest BCUT2D eigenvalue weighted by molar-refractivity contribution is 5.85. The van der Waals surface area contributed by atoms with Crippen molar-refractivity contribution in [1.82, 2.24) is 5.32 Å². The molecule has 1 aromatic carbocycles. The van der Waals surface area contributed by atoms with Gasteiger partial charge in [0.25, 0.3) is 0 Å². The Labute approximate surface area is 150 Å². The SMILES string of the molecule is Cc1ccc(CNC(=O)[C@@H]2CCC[C@@H]2CN)c(OCC2CC2)c1.Cl. The molecule has 2 aliphatic carbocycles. The first-order chi connectivity index (χ1) is 11.2. The maximum Gasteiger partial charge on any atom is 0.223 e. The van der Waals surface area contributed by atoms with Crippen LogP contribution in [-0.2, 0) is 11.3 Å². The number of rotatable bonds is 7. The molecule has 2 aliphatic rings. The molecular formula is C19H29ClN2O2. The Morgan fingerprint density at radius 1 is 1.29 bits per heavy atom. The number of aryl methyl sites for hydroxylation is 1. The van der Waals surface area contributed by atoms with Crippen molar-refractivity contribution in [3.8, 4) is 5.75 Å². The van der Waals surface area contributed by atoms with E-state index < -0.39 is 0 Å². The summed E-state index contributed by atoms with van der Waals surface area (Å²) in [6.07, 6.45) is 5.71. The lowest BCUT2D eigenvalue weighted by atomic mass is 9.95. The predicted octanol–water partition coefficient (Wildman–Crippen LogP) is 3.20. The van der Waals surface area contributed by atoms with Crippen LogP contribution in [0.4, 0.5) is 0 Å². The molecule has 0 bridgehead atoms. The highest BCUT2D eigenvalue weighted by atomic mass is 35.5. The van der Waals surface area contributed by atoms with Gasteiger partial charge in [0.15, 0.2) is 0 Å². The zero-order chi connectivity index (χ0) is 16.2. The molecule has 0 spiro atoms. The number of nitrogens with one attached hydrogen (secondary N) is 1. The first kappa shape index (κ1) is 19.1. The first-order valence-corrected chi connectivity index (χ1v) is 8.87. The molecule has 4 nitrogen and oxygen atoms in total. The van der Waals surface area contributed by atoms with Crippen LogP contribution >= 0.6 is 12.4 Å². The highest BCUT2D eigenvalue weighted by Gasteiger charge is 2.31. The number of benzene rings is 1. The average Bonchev–Trinajstić information content (AvgIpc) is 3.26. The van der Waals surface area contributed by atoms with Crippen LogP contribution in [0.15, 0.2) is 18.2 Å². The molecular weight excluding hydrogens is 324 g/mol. The van der Waals surface area contributed by atoms with E-state index >= 15 is 0 Å². The van der Waals surface area contributed by atoms with Crippen molar-refractivity contribution in [2.24, 2.45) is 23.5 Å². The van der Waals surface area contributed by atoms with E-state index in [2.05, 4.69) is 30.4 Å². The fraction of sp³-hybridized carbons (Fsp3) is 0.632. The second kappa shape index (κ2) is 8.72. The Hall–Kier alpha value is -1.26. The number of carbonyl (C=O) groups excluding carboxylic acids is 1. The molecule has 1 amide bonds. The molecule has 2 atom stereocenters. The monoisotopic (exact) mass is 352 g/mol. The van der Waals surface area contributed by atoms with Gasteiger partial charge >= 0.3 is 0 Å². The first-order valence-electron chi connectivity index (χ1n) is 8.87. The van der Waals surface area contributed by atoms with Crippen molar-refractivity contribution in [3.63, 3.8) is 0 Å². The van der Waals surface area contributed by atoms with Gasteiger partial charge in [-0.2, -0.15) is 0 Å². The molecule has 0 saturated heterocycles. The van der Waals surface area contributed by atoms with E-state index in [1.807, 2.05) is 0 Å². The van der Waals surface area contributed by atoms with Gasteiger partial charge < -0.3 is 15.8 Å². The lowest BCUT2D eigenvalue weighted by Crippen LogP contribution is -2.34. The lowest BCUT2D eigenvalue weighted by Gasteiger charge is -2.18. The summed E-state index contributed by atoms with van der Waals surface area (Å²) < 4.78 is 5.97. The average molecular weight is 353 g/mol. The van der Waals surface area contributed by atoms with Gasteiger partial charge in [0.05, 0.1) is 6.61 Å². The fourth-order valence-electron chi connectivity index (χ4n) is 3.41. The zero-order valence-corrected chi connectivity index (χ0v) is 15.2. The largest absolute Gasteiger partial charge is 0.493 e. The van der Waals surface area contributed by atoms with Crippen LogP contribution < -0.4 is 15.8 Å². The summed E-state index contributed by atoms with van der Waals surface area (Å²) in [6.45, 7) is 4.00. The molecule has 24 heavy (non-hydrogen) atoms. The Morgan fingerprint density at radius 2 is 2.08 bits per heavy atom. The van der Waals surface area contributed by atoms with E-state index in [0.717, 1.165) is 43.1 Å². The Bertz CT molecular complexity index is 560. The molecule has 2 fully saturated rings. The maximum atomic E-state index is 12.4. The molecule has 3 N–H and O–H groups in total. The van der Waals surface area contributed by atoms with E-state index in [4.69, 9.17) is 10.5 Å². The van der Waals surface area contributed by atoms with Gasteiger partial charge in [-0.15, -0.1) is 12.4 Å². The van der Waals surface area contributed by atoms with Crippen molar-refractivity contribution < 1.29 is 9.53 Å². The minimum Gasteiger partial charge on any atom is -0.493 e. The molecule has 3 rings (SSSR count). The summed E-state index contributed by atoms with van der Waals surface area (Å²) in [5.41, 5.74) is 8.03. The normalized spacial score (nSPS) is 22.8. The van der Waals surface area contributed by atoms with Crippen LogP contribution in [-0.4, -0.2) is 19.1 Å². The molecule has 2 saturated carbocycles. The number of amides is 1. The van der Waals surface area contributed by atoms with Gasteiger partial charge in [-0.1, -0.05) is 18.6 Å². The standard InChI is InChI=1S/C19H28N2O2.ClH/c1-13-5-8-16(18(9-13)23-12-14-6-7-14)11-21-19(22)17-4-2-3-15(17)10-20;/h5,8-9,14-15,17H,2-4,6-7,10-12,20H2,1H3,(H,21,22);1H/t15-,17-;/m1./s1. The Morgan fingerprint density at radius 3 is 2.79 bits per heavy atom. The third kappa shape index (κ3) is 4.87. The van der Waals surface area contributed by atoms with E-state index in [-0.39, 0.29) is 24.2 Å². The van der Waals surface area contributed by atoms with Gasteiger partial charge in [-0.05, 0) is 62.6 Å². The van der Waals surface area contributed by atoms with Crippen molar-refractivity contribution in [2.75, 3.05) is 13.2 Å². The molecule has 0 unspecified atom stereocenters. The van der Waals surface area contributed by atoms with Gasteiger partial charge in [-0.25, -0.2) is 0 Å². The Kier molecular flexibility index (Phi) is 6.93. The van der Waals surface area contributed by atoms with E-state index in [9.17, 15) is 4.79 Å².